The fourth-order valence-electron chi connectivity index (χ4n) is 1.51. The van der Waals surface area contributed by atoms with Crippen LogP contribution in [0, 0.1) is 17.8 Å². The molecule has 0 spiro atoms. The van der Waals surface area contributed by atoms with Crippen LogP contribution in [0.5, 0.6) is 0 Å². The second-order valence-electron chi connectivity index (χ2n) is 3.28. The Hall–Kier alpha value is -0.570. The van der Waals surface area contributed by atoms with Gasteiger partial charge in [-0.2, -0.15) is 0 Å². The van der Waals surface area contributed by atoms with Gasteiger partial charge in [0.1, 0.15) is 0 Å². The monoisotopic (exact) mass is 158 g/mol. The minimum atomic E-state index is -0.655. The highest BCUT2D eigenvalue weighted by molar-refractivity contribution is 5.73. The van der Waals surface area contributed by atoms with Gasteiger partial charge in [-0.15, -0.1) is 0 Å². The number of aliphatic carboxylic acids is 1. The average Bonchev–Trinajstić information content (AvgIpc) is 2.65. The normalized spacial score (nSPS) is 31.5. The summed E-state index contributed by atoms with van der Waals surface area (Å²) in [4.78, 5) is 10.4. The highest BCUT2D eigenvalue weighted by atomic mass is 16.5. The number of ether oxygens (including phenoxy) is 1. The van der Waals surface area contributed by atoms with E-state index >= 15 is 0 Å². The van der Waals surface area contributed by atoms with E-state index in [0.717, 1.165) is 6.42 Å². The largest absolute Gasteiger partial charge is 0.481 e. The molecular formula is C8H14O3. The Labute approximate surface area is 66.4 Å². The van der Waals surface area contributed by atoms with Crippen molar-refractivity contribution in [3.8, 4) is 0 Å². The summed E-state index contributed by atoms with van der Waals surface area (Å²) in [6.07, 6.45) is 0.833. The van der Waals surface area contributed by atoms with Crippen LogP contribution in [-0.2, 0) is 9.53 Å². The van der Waals surface area contributed by atoms with Gasteiger partial charge in [0, 0.05) is 13.7 Å². The van der Waals surface area contributed by atoms with Gasteiger partial charge in [0.15, 0.2) is 0 Å². The Bertz CT molecular complexity index is 155. The van der Waals surface area contributed by atoms with Gasteiger partial charge in [0.2, 0.25) is 0 Å². The van der Waals surface area contributed by atoms with Crippen molar-refractivity contribution in [2.24, 2.45) is 17.8 Å². The number of rotatable bonds is 4. The second-order valence-corrected chi connectivity index (χ2v) is 3.28. The van der Waals surface area contributed by atoms with Crippen molar-refractivity contribution in [2.75, 3.05) is 13.7 Å². The second kappa shape index (κ2) is 3.22. The molecule has 64 valence electrons. The zero-order chi connectivity index (χ0) is 8.43. The molecule has 3 nitrogen and oxygen atoms in total. The van der Waals surface area contributed by atoms with E-state index in [2.05, 4.69) is 0 Å². The Morgan fingerprint density at radius 3 is 2.82 bits per heavy atom. The molecule has 0 bridgehead atoms. The molecule has 11 heavy (non-hydrogen) atoms. The zero-order valence-corrected chi connectivity index (χ0v) is 6.91. The topological polar surface area (TPSA) is 46.5 Å². The molecule has 3 heteroatoms. The van der Waals surface area contributed by atoms with Crippen molar-refractivity contribution in [1.29, 1.82) is 0 Å². The highest BCUT2D eigenvalue weighted by Crippen LogP contribution is 2.44. The summed E-state index contributed by atoms with van der Waals surface area (Å²) < 4.78 is 4.94. The van der Waals surface area contributed by atoms with E-state index in [1.807, 2.05) is 6.92 Å². The summed E-state index contributed by atoms with van der Waals surface area (Å²) in [6.45, 7) is 2.71. The lowest BCUT2D eigenvalue weighted by atomic mass is 10.1. The molecule has 0 saturated heterocycles. The Kier molecular flexibility index (Phi) is 2.49. The van der Waals surface area contributed by atoms with Gasteiger partial charge in [0.25, 0.3) is 0 Å². The lowest BCUT2D eigenvalue weighted by Gasteiger charge is -2.07. The Balaban J connectivity index is 2.25. The molecule has 1 N–H and O–H groups in total. The molecule has 0 aromatic carbocycles. The number of carboxylic acids is 1. The molecule has 0 aliphatic heterocycles. The summed E-state index contributed by atoms with van der Waals surface area (Å²) in [5, 5.41) is 8.60. The summed E-state index contributed by atoms with van der Waals surface area (Å²) in [6, 6.07) is 0. The molecule has 1 fully saturated rings. The Morgan fingerprint density at radius 1 is 1.82 bits per heavy atom. The summed E-state index contributed by atoms with van der Waals surface area (Å²) in [7, 11) is 1.65. The molecule has 3 unspecified atom stereocenters. The zero-order valence-electron chi connectivity index (χ0n) is 6.91. The molecular weight excluding hydrogens is 144 g/mol. The maximum Gasteiger partial charge on any atom is 0.306 e. The molecule has 0 amide bonds. The first-order chi connectivity index (χ1) is 5.16. The lowest BCUT2D eigenvalue weighted by molar-refractivity contribution is -0.139. The number of methoxy groups -OCH3 is 1. The lowest BCUT2D eigenvalue weighted by Crippen LogP contribution is -2.10. The smallest absolute Gasteiger partial charge is 0.306 e. The van der Waals surface area contributed by atoms with E-state index < -0.39 is 5.97 Å². The minimum absolute atomic E-state index is 0.0971. The predicted octanol–water partition coefficient (Wildman–Crippen LogP) is 0.990. The molecule has 1 saturated carbocycles. The van der Waals surface area contributed by atoms with Crippen molar-refractivity contribution in [3.05, 3.63) is 0 Å². The molecule has 0 radical (unpaired) electrons. The highest BCUT2D eigenvalue weighted by Gasteiger charge is 2.46. The fourth-order valence-corrected chi connectivity index (χ4v) is 1.51. The van der Waals surface area contributed by atoms with Gasteiger partial charge >= 0.3 is 5.97 Å². The SMILES string of the molecule is COCC(C)C1CC1C(=O)O. The number of hydrogen-bond donors (Lipinski definition) is 1. The molecule has 3 atom stereocenters. The third-order valence-corrected chi connectivity index (χ3v) is 2.32. The number of carbonyl (C=O) groups is 1. The van der Waals surface area contributed by atoms with Crippen LogP contribution in [-0.4, -0.2) is 24.8 Å². The predicted molar refractivity (Wildman–Crippen MR) is 40.3 cm³/mol. The third-order valence-electron chi connectivity index (χ3n) is 2.32. The first kappa shape index (κ1) is 8.53. The van der Waals surface area contributed by atoms with Crippen LogP contribution in [0.25, 0.3) is 0 Å². The van der Waals surface area contributed by atoms with Gasteiger partial charge in [-0.1, -0.05) is 6.92 Å². The summed E-state index contributed by atoms with van der Waals surface area (Å²) >= 11 is 0. The van der Waals surface area contributed by atoms with E-state index in [1.54, 1.807) is 7.11 Å². The van der Waals surface area contributed by atoms with Crippen molar-refractivity contribution in [1.82, 2.24) is 0 Å². The first-order valence-corrected chi connectivity index (χ1v) is 3.88. The molecule has 1 aliphatic carbocycles. The van der Waals surface area contributed by atoms with Crippen LogP contribution in [0.15, 0.2) is 0 Å². The van der Waals surface area contributed by atoms with Crippen LogP contribution < -0.4 is 0 Å². The molecule has 1 rings (SSSR count). The minimum Gasteiger partial charge on any atom is -0.481 e. The third kappa shape index (κ3) is 1.93. The van der Waals surface area contributed by atoms with Gasteiger partial charge < -0.3 is 9.84 Å². The van der Waals surface area contributed by atoms with E-state index in [0.29, 0.717) is 18.4 Å². The first-order valence-electron chi connectivity index (χ1n) is 3.88. The number of hydrogen-bond acceptors (Lipinski definition) is 2. The average molecular weight is 158 g/mol. The van der Waals surface area contributed by atoms with Gasteiger partial charge in [0.05, 0.1) is 5.92 Å². The van der Waals surface area contributed by atoms with E-state index in [4.69, 9.17) is 9.84 Å². The van der Waals surface area contributed by atoms with Gasteiger partial charge in [-0.3, -0.25) is 4.79 Å². The van der Waals surface area contributed by atoms with Crippen LogP contribution in [0.3, 0.4) is 0 Å². The Morgan fingerprint density at radius 2 is 2.45 bits per heavy atom. The summed E-state index contributed by atoms with van der Waals surface area (Å²) in [5.41, 5.74) is 0. The molecule has 0 aromatic heterocycles. The van der Waals surface area contributed by atoms with Gasteiger partial charge in [-0.25, -0.2) is 0 Å². The van der Waals surface area contributed by atoms with Crippen LogP contribution in [0.2, 0.25) is 0 Å². The van der Waals surface area contributed by atoms with Crippen molar-refractivity contribution >= 4 is 5.97 Å². The van der Waals surface area contributed by atoms with E-state index in [-0.39, 0.29) is 5.92 Å². The molecule has 1 aliphatic rings. The van der Waals surface area contributed by atoms with Gasteiger partial charge in [-0.05, 0) is 18.3 Å². The standard InChI is InChI=1S/C8H14O3/c1-5(4-11-2)6-3-7(6)8(9)10/h5-7H,3-4H2,1-2H3,(H,9,10). The molecule has 0 aromatic rings. The quantitative estimate of drug-likeness (QED) is 0.663. The van der Waals surface area contributed by atoms with Crippen molar-refractivity contribution in [3.63, 3.8) is 0 Å². The number of carboxylic acid groups (broad SMARTS) is 1. The van der Waals surface area contributed by atoms with Crippen molar-refractivity contribution in [2.45, 2.75) is 13.3 Å². The van der Waals surface area contributed by atoms with Crippen LogP contribution in [0.1, 0.15) is 13.3 Å². The van der Waals surface area contributed by atoms with Crippen molar-refractivity contribution < 1.29 is 14.6 Å². The summed E-state index contributed by atoms with van der Waals surface area (Å²) in [5.74, 6) is -0.00773. The molecule has 0 heterocycles. The van der Waals surface area contributed by atoms with Crippen LogP contribution >= 0.6 is 0 Å². The maximum absolute atomic E-state index is 10.4. The van der Waals surface area contributed by atoms with E-state index in [1.165, 1.54) is 0 Å². The van der Waals surface area contributed by atoms with E-state index in [9.17, 15) is 4.79 Å². The fraction of sp³-hybridized carbons (Fsp3) is 0.875. The van der Waals surface area contributed by atoms with Crippen LogP contribution in [0.4, 0.5) is 0 Å². The maximum atomic E-state index is 10.4.